The molecule has 5 nitrogen and oxygen atoms in total. The molecule has 6 heteroatoms. The molecule has 0 aliphatic heterocycles. The van der Waals surface area contributed by atoms with Crippen molar-refractivity contribution in [3.8, 4) is 22.9 Å². The van der Waals surface area contributed by atoms with Gasteiger partial charge < -0.3 is 14.8 Å². The number of rotatable bonds is 5. The Bertz CT molecular complexity index is 1150. The Morgan fingerprint density at radius 3 is 2.43 bits per heavy atom. The summed E-state index contributed by atoms with van der Waals surface area (Å²) < 4.78 is 10.8. The van der Waals surface area contributed by atoms with E-state index in [9.17, 15) is 0 Å². The first-order valence-electron chi connectivity index (χ1n) is 8.70. The number of nitrogens with zero attached hydrogens (tertiary/aromatic N) is 2. The lowest BCUT2D eigenvalue weighted by atomic mass is 10.1. The first-order valence-corrected chi connectivity index (χ1v) is 9.08. The summed E-state index contributed by atoms with van der Waals surface area (Å²) in [6, 6.07) is 20.9. The number of para-hydroxylation sites is 1. The zero-order chi connectivity index (χ0) is 19.5. The van der Waals surface area contributed by atoms with Crippen LogP contribution in [-0.2, 0) is 0 Å². The fourth-order valence-electron chi connectivity index (χ4n) is 2.96. The van der Waals surface area contributed by atoms with E-state index in [4.69, 9.17) is 31.0 Å². The van der Waals surface area contributed by atoms with Gasteiger partial charge in [-0.05, 0) is 36.4 Å². The molecule has 28 heavy (non-hydrogen) atoms. The number of hydrogen-bond donors (Lipinski definition) is 1. The van der Waals surface area contributed by atoms with Gasteiger partial charge in [0.1, 0.15) is 17.3 Å². The van der Waals surface area contributed by atoms with Gasteiger partial charge >= 0.3 is 0 Å². The van der Waals surface area contributed by atoms with Crippen molar-refractivity contribution < 1.29 is 9.47 Å². The second-order valence-electron chi connectivity index (χ2n) is 6.08. The van der Waals surface area contributed by atoms with E-state index in [-0.39, 0.29) is 0 Å². The molecular formula is C22H18ClN3O2. The quantitative estimate of drug-likeness (QED) is 0.472. The predicted molar refractivity (Wildman–Crippen MR) is 113 cm³/mol. The highest BCUT2D eigenvalue weighted by Crippen LogP contribution is 2.34. The molecule has 0 amide bonds. The molecule has 3 aromatic carbocycles. The molecule has 0 fully saturated rings. The Kier molecular flexibility index (Phi) is 5.00. The third kappa shape index (κ3) is 3.44. The maximum absolute atomic E-state index is 6.37. The van der Waals surface area contributed by atoms with E-state index in [2.05, 4.69) is 5.32 Å². The van der Waals surface area contributed by atoms with E-state index in [1.54, 1.807) is 14.2 Å². The van der Waals surface area contributed by atoms with Crippen LogP contribution in [0.4, 0.5) is 11.5 Å². The van der Waals surface area contributed by atoms with Gasteiger partial charge in [0.15, 0.2) is 5.82 Å². The van der Waals surface area contributed by atoms with Crippen LogP contribution in [0.2, 0.25) is 5.02 Å². The molecule has 0 bridgehead atoms. The van der Waals surface area contributed by atoms with Gasteiger partial charge in [-0.1, -0.05) is 35.9 Å². The first kappa shape index (κ1) is 18.1. The minimum atomic E-state index is 0.555. The van der Waals surface area contributed by atoms with Crippen LogP contribution in [0.1, 0.15) is 0 Å². The van der Waals surface area contributed by atoms with Crippen LogP contribution in [0.5, 0.6) is 11.5 Å². The number of benzene rings is 3. The number of hydrogen-bond acceptors (Lipinski definition) is 5. The summed E-state index contributed by atoms with van der Waals surface area (Å²) in [5.74, 6) is 2.59. The summed E-state index contributed by atoms with van der Waals surface area (Å²) in [5, 5.41) is 4.87. The molecule has 1 aromatic heterocycles. The number of fused-ring (bicyclic) bond motifs is 1. The van der Waals surface area contributed by atoms with Crippen molar-refractivity contribution in [2.45, 2.75) is 0 Å². The zero-order valence-corrected chi connectivity index (χ0v) is 16.2. The smallest absolute Gasteiger partial charge is 0.163 e. The molecule has 0 unspecified atom stereocenters. The maximum Gasteiger partial charge on any atom is 0.163 e. The fraction of sp³-hybridized carbons (Fsp3) is 0.0909. The monoisotopic (exact) mass is 391 g/mol. The highest BCUT2D eigenvalue weighted by atomic mass is 35.5. The minimum absolute atomic E-state index is 0.555. The van der Waals surface area contributed by atoms with Crippen LogP contribution in [0.25, 0.3) is 22.3 Å². The maximum atomic E-state index is 6.37. The van der Waals surface area contributed by atoms with Gasteiger partial charge in [-0.3, -0.25) is 0 Å². The molecule has 0 atom stereocenters. The third-order valence-corrected chi connectivity index (χ3v) is 4.71. The van der Waals surface area contributed by atoms with Crippen LogP contribution in [0, 0.1) is 0 Å². The molecule has 0 aliphatic rings. The van der Waals surface area contributed by atoms with Gasteiger partial charge in [0.25, 0.3) is 0 Å². The van der Waals surface area contributed by atoms with Crippen molar-refractivity contribution in [2.75, 3.05) is 19.5 Å². The van der Waals surface area contributed by atoms with Crippen molar-refractivity contribution in [2.24, 2.45) is 0 Å². The lowest BCUT2D eigenvalue weighted by Gasteiger charge is -2.14. The third-order valence-electron chi connectivity index (χ3n) is 4.38. The Hall–Kier alpha value is -3.31. The average molecular weight is 392 g/mol. The fourth-order valence-corrected chi connectivity index (χ4v) is 3.18. The number of anilines is 2. The number of aromatic nitrogens is 2. The largest absolute Gasteiger partial charge is 0.497 e. The van der Waals surface area contributed by atoms with Gasteiger partial charge in [-0.15, -0.1) is 0 Å². The second kappa shape index (κ2) is 7.74. The predicted octanol–water partition coefficient (Wildman–Crippen LogP) is 5.71. The summed E-state index contributed by atoms with van der Waals surface area (Å²) >= 11 is 6.37. The van der Waals surface area contributed by atoms with E-state index in [0.29, 0.717) is 28.2 Å². The molecule has 140 valence electrons. The lowest BCUT2D eigenvalue weighted by Crippen LogP contribution is -2.01. The molecule has 0 radical (unpaired) electrons. The number of methoxy groups -OCH3 is 2. The molecule has 1 heterocycles. The number of nitrogens with one attached hydrogen (secondary N) is 1. The molecular weight excluding hydrogens is 374 g/mol. The lowest BCUT2D eigenvalue weighted by molar-refractivity contribution is 0.395. The topological polar surface area (TPSA) is 56.3 Å². The molecule has 0 aliphatic carbocycles. The van der Waals surface area contributed by atoms with E-state index in [1.165, 1.54) is 0 Å². The van der Waals surface area contributed by atoms with Crippen LogP contribution in [0.3, 0.4) is 0 Å². The molecule has 4 rings (SSSR count). The Morgan fingerprint density at radius 2 is 1.64 bits per heavy atom. The Balaban J connectivity index is 1.86. The van der Waals surface area contributed by atoms with Crippen LogP contribution in [-0.4, -0.2) is 24.2 Å². The van der Waals surface area contributed by atoms with Crippen LogP contribution >= 0.6 is 11.6 Å². The van der Waals surface area contributed by atoms with Crippen molar-refractivity contribution in [3.05, 3.63) is 71.8 Å². The molecule has 1 N–H and O–H groups in total. The normalized spacial score (nSPS) is 10.7. The Labute approximate surface area is 167 Å². The van der Waals surface area contributed by atoms with Gasteiger partial charge in [-0.25, -0.2) is 9.97 Å². The van der Waals surface area contributed by atoms with Gasteiger partial charge in [0.05, 0.1) is 30.4 Å². The summed E-state index contributed by atoms with van der Waals surface area (Å²) in [5.41, 5.74) is 2.37. The SMILES string of the molecule is COc1ccc(Nc2nc(-c3ccccc3Cl)nc3ccccc23)c(OC)c1. The van der Waals surface area contributed by atoms with Crippen molar-refractivity contribution >= 4 is 34.0 Å². The highest BCUT2D eigenvalue weighted by molar-refractivity contribution is 6.33. The summed E-state index contributed by atoms with van der Waals surface area (Å²) in [6.45, 7) is 0. The summed E-state index contributed by atoms with van der Waals surface area (Å²) in [7, 11) is 3.24. The average Bonchev–Trinajstić information content (AvgIpc) is 2.74. The van der Waals surface area contributed by atoms with E-state index >= 15 is 0 Å². The first-order chi connectivity index (χ1) is 13.7. The standard InChI is InChI=1S/C22H18ClN3O2/c1-27-14-11-12-19(20(13-14)28-2)25-22-16-8-4-6-10-18(16)24-21(26-22)15-7-3-5-9-17(15)23/h3-13H,1-2H3,(H,24,25,26). The van der Waals surface area contributed by atoms with Crippen molar-refractivity contribution in [3.63, 3.8) is 0 Å². The number of ether oxygens (including phenoxy) is 2. The van der Waals surface area contributed by atoms with E-state index in [1.807, 2.05) is 66.7 Å². The van der Waals surface area contributed by atoms with Gasteiger partial charge in [0.2, 0.25) is 0 Å². The van der Waals surface area contributed by atoms with Crippen molar-refractivity contribution in [1.82, 2.24) is 9.97 Å². The Morgan fingerprint density at radius 1 is 0.857 bits per heavy atom. The van der Waals surface area contributed by atoms with E-state index in [0.717, 1.165) is 22.2 Å². The molecule has 4 aromatic rings. The summed E-state index contributed by atoms with van der Waals surface area (Å²) in [6.07, 6.45) is 0. The molecule has 0 spiro atoms. The van der Waals surface area contributed by atoms with Crippen molar-refractivity contribution in [1.29, 1.82) is 0 Å². The van der Waals surface area contributed by atoms with Crippen LogP contribution < -0.4 is 14.8 Å². The van der Waals surface area contributed by atoms with Gasteiger partial charge in [0, 0.05) is 17.0 Å². The minimum Gasteiger partial charge on any atom is -0.497 e. The second-order valence-corrected chi connectivity index (χ2v) is 6.49. The molecule has 0 saturated heterocycles. The zero-order valence-electron chi connectivity index (χ0n) is 15.4. The highest BCUT2D eigenvalue weighted by Gasteiger charge is 2.13. The summed E-state index contributed by atoms with van der Waals surface area (Å²) in [4.78, 5) is 9.44. The number of halogens is 1. The van der Waals surface area contributed by atoms with Crippen LogP contribution in [0.15, 0.2) is 66.7 Å². The van der Waals surface area contributed by atoms with Gasteiger partial charge in [-0.2, -0.15) is 0 Å². The van der Waals surface area contributed by atoms with E-state index < -0.39 is 0 Å². The molecule has 0 saturated carbocycles.